The number of fused-ring (bicyclic) bond motifs is 1. The lowest BCUT2D eigenvalue weighted by molar-refractivity contribution is 0.960. The van der Waals surface area contributed by atoms with Gasteiger partial charge >= 0.3 is 0 Å². The molecular formula is C12H13ClN2. The molecule has 1 aromatic heterocycles. The van der Waals surface area contributed by atoms with Crippen molar-refractivity contribution in [3.63, 3.8) is 0 Å². The third kappa shape index (κ3) is 1.96. The van der Waals surface area contributed by atoms with E-state index in [1.54, 1.807) is 6.20 Å². The van der Waals surface area contributed by atoms with Crippen LogP contribution in [0.4, 0.5) is 0 Å². The first kappa shape index (κ1) is 10.4. The molecule has 0 aliphatic carbocycles. The molecule has 2 aromatic rings. The summed E-state index contributed by atoms with van der Waals surface area (Å²) in [7, 11) is 0. The quantitative estimate of drug-likeness (QED) is 0.845. The molecule has 15 heavy (non-hydrogen) atoms. The Hall–Kier alpha value is -1.12. The number of rotatable bonds is 2. The van der Waals surface area contributed by atoms with Gasteiger partial charge in [-0.1, -0.05) is 11.6 Å². The highest BCUT2D eigenvalue weighted by atomic mass is 35.5. The van der Waals surface area contributed by atoms with Crippen LogP contribution in [-0.4, -0.2) is 11.5 Å². The number of nitrogens with zero attached hydrogens (tertiary/aromatic N) is 1. The standard InChI is InChI=1S/C12H13ClN2/c1-8-6-12-10(7-9(8)2-4-14)11(13)3-5-15-12/h3,5-7H,2,4,14H2,1H3. The van der Waals surface area contributed by atoms with Crippen LogP contribution >= 0.6 is 11.6 Å². The maximum absolute atomic E-state index is 6.11. The molecule has 0 aliphatic heterocycles. The van der Waals surface area contributed by atoms with Crippen molar-refractivity contribution in [2.24, 2.45) is 5.73 Å². The highest BCUT2D eigenvalue weighted by molar-refractivity contribution is 6.35. The highest BCUT2D eigenvalue weighted by Gasteiger charge is 2.04. The number of hydrogen-bond donors (Lipinski definition) is 1. The van der Waals surface area contributed by atoms with Crippen LogP contribution < -0.4 is 5.73 Å². The number of hydrogen-bond acceptors (Lipinski definition) is 2. The first-order chi connectivity index (χ1) is 7.22. The molecule has 0 unspecified atom stereocenters. The Bertz CT molecular complexity index is 494. The van der Waals surface area contributed by atoms with Crippen molar-refractivity contribution in [3.05, 3.63) is 40.5 Å². The Balaban J connectivity index is 2.66. The molecule has 0 atom stereocenters. The Morgan fingerprint density at radius 2 is 2.20 bits per heavy atom. The summed E-state index contributed by atoms with van der Waals surface area (Å²) >= 11 is 6.11. The number of benzene rings is 1. The molecule has 0 fully saturated rings. The van der Waals surface area contributed by atoms with E-state index in [1.807, 2.05) is 6.07 Å². The van der Waals surface area contributed by atoms with Gasteiger partial charge in [0.2, 0.25) is 0 Å². The smallest absolute Gasteiger partial charge is 0.0719 e. The van der Waals surface area contributed by atoms with Gasteiger partial charge in [0.05, 0.1) is 10.5 Å². The molecule has 0 bridgehead atoms. The lowest BCUT2D eigenvalue weighted by atomic mass is 10.0. The molecule has 2 rings (SSSR count). The zero-order valence-corrected chi connectivity index (χ0v) is 9.38. The molecule has 2 nitrogen and oxygen atoms in total. The Labute approximate surface area is 94.1 Å². The molecule has 0 aliphatic rings. The van der Waals surface area contributed by atoms with Gasteiger partial charge in [0.25, 0.3) is 0 Å². The average Bonchev–Trinajstić information content (AvgIpc) is 2.21. The molecular weight excluding hydrogens is 208 g/mol. The third-order valence-corrected chi connectivity index (χ3v) is 2.89. The van der Waals surface area contributed by atoms with Crippen LogP contribution in [0.3, 0.4) is 0 Å². The van der Waals surface area contributed by atoms with Crippen LogP contribution in [0.1, 0.15) is 11.1 Å². The minimum Gasteiger partial charge on any atom is -0.330 e. The van der Waals surface area contributed by atoms with E-state index in [2.05, 4.69) is 24.0 Å². The Morgan fingerprint density at radius 3 is 2.93 bits per heavy atom. The molecule has 1 aromatic carbocycles. The summed E-state index contributed by atoms with van der Waals surface area (Å²) in [6, 6.07) is 5.96. The van der Waals surface area contributed by atoms with Gasteiger partial charge in [-0.2, -0.15) is 0 Å². The summed E-state index contributed by atoms with van der Waals surface area (Å²) in [6.07, 6.45) is 2.61. The summed E-state index contributed by atoms with van der Waals surface area (Å²) < 4.78 is 0. The predicted octanol–water partition coefficient (Wildman–Crippen LogP) is 2.70. The normalized spacial score (nSPS) is 10.9. The molecule has 2 N–H and O–H groups in total. The average molecular weight is 221 g/mol. The van der Waals surface area contributed by atoms with Crippen molar-refractivity contribution < 1.29 is 0 Å². The van der Waals surface area contributed by atoms with Gasteiger partial charge in [-0.15, -0.1) is 0 Å². The van der Waals surface area contributed by atoms with Crippen LogP contribution in [0.2, 0.25) is 5.02 Å². The van der Waals surface area contributed by atoms with E-state index in [0.29, 0.717) is 6.54 Å². The number of halogens is 1. The first-order valence-corrected chi connectivity index (χ1v) is 5.34. The van der Waals surface area contributed by atoms with Crippen LogP contribution in [0.15, 0.2) is 24.4 Å². The Morgan fingerprint density at radius 1 is 1.40 bits per heavy atom. The largest absolute Gasteiger partial charge is 0.330 e. The van der Waals surface area contributed by atoms with E-state index < -0.39 is 0 Å². The van der Waals surface area contributed by atoms with Gasteiger partial charge in [-0.25, -0.2) is 0 Å². The number of nitrogens with two attached hydrogens (primary N) is 1. The minimum atomic E-state index is 0.657. The zero-order valence-electron chi connectivity index (χ0n) is 8.63. The molecule has 78 valence electrons. The van der Waals surface area contributed by atoms with E-state index in [-0.39, 0.29) is 0 Å². The Kier molecular flexibility index (Phi) is 2.89. The van der Waals surface area contributed by atoms with Gasteiger partial charge in [0.15, 0.2) is 0 Å². The van der Waals surface area contributed by atoms with E-state index in [4.69, 9.17) is 17.3 Å². The lowest BCUT2D eigenvalue weighted by Gasteiger charge is -2.07. The third-order valence-electron chi connectivity index (χ3n) is 2.56. The summed E-state index contributed by atoms with van der Waals surface area (Å²) in [5.74, 6) is 0. The predicted molar refractivity (Wildman–Crippen MR) is 64.2 cm³/mol. The molecule has 0 saturated heterocycles. The van der Waals surface area contributed by atoms with E-state index >= 15 is 0 Å². The van der Waals surface area contributed by atoms with Gasteiger partial charge < -0.3 is 5.73 Å². The van der Waals surface area contributed by atoms with Crippen LogP contribution in [0, 0.1) is 6.92 Å². The minimum absolute atomic E-state index is 0.657. The van der Waals surface area contributed by atoms with Crippen LogP contribution in [0.25, 0.3) is 10.9 Å². The molecule has 0 spiro atoms. The van der Waals surface area contributed by atoms with Crippen molar-refractivity contribution >= 4 is 22.5 Å². The number of aromatic nitrogens is 1. The summed E-state index contributed by atoms with van der Waals surface area (Å²) in [4.78, 5) is 4.29. The van der Waals surface area contributed by atoms with E-state index in [0.717, 1.165) is 22.3 Å². The van der Waals surface area contributed by atoms with E-state index in [1.165, 1.54) is 11.1 Å². The molecule has 0 amide bonds. The maximum atomic E-state index is 6.11. The van der Waals surface area contributed by atoms with Crippen LogP contribution in [0.5, 0.6) is 0 Å². The maximum Gasteiger partial charge on any atom is 0.0719 e. The highest BCUT2D eigenvalue weighted by Crippen LogP contribution is 2.24. The van der Waals surface area contributed by atoms with Crippen LogP contribution in [-0.2, 0) is 6.42 Å². The van der Waals surface area contributed by atoms with Crippen molar-refractivity contribution in [1.29, 1.82) is 0 Å². The van der Waals surface area contributed by atoms with Gasteiger partial charge in [0.1, 0.15) is 0 Å². The molecule has 3 heteroatoms. The second kappa shape index (κ2) is 4.17. The SMILES string of the molecule is Cc1cc2nccc(Cl)c2cc1CCN. The van der Waals surface area contributed by atoms with Crippen molar-refractivity contribution in [3.8, 4) is 0 Å². The van der Waals surface area contributed by atoms with Crippen molar-refractivity contribution in [1.82, 2.24) is 4.98 Å². The first-order valence-electron chi connectivity index (χ1n) is 4.96. The van der Waals surface area contributed by atoms with Gasteiger partial charge in [0, 0.05) is 11.6 Å². The summed E-state index contributed by atoms with van der Waals surface area (Å²) in [5.41, 5.74) is 8.98. The molecule has 0 saturated carbocycles. The summed E-state index contributed by atoms with van der Waals surface area (Å²) in [5, 5.41) is 1.76. The molecule has 1 heterocycles. The topological polar surface area (TPSA) is 38.9 Å². The number of pyridine rings is 1. The second-order valence-electron chi connectivity index (χ2n) is 3.63. The fraction of sp³-hybridized carbons (Fsp3) is 0.250. The van der Waals surface area contributed by atoms with Gasteiger partial charge in [-0.05, 0) is 49.2 Å². The van der Waals surface area contributed by atoms with E-state index in [9.17, 15) is 0 Å². The van der Waals surface area contributed by atoms with Crippen molar-refractivity contribution in [2.75, 3.05) is 6.54 Å². The second-order valence-corrected chi connectivity index (χ2v) is 4.03. The molecule has 0 radical (unpaired) electrons. The zero-order chi connectivity index (χ0) is 10.8. The fourth-order valence-electron chi connectivity index (χ4n) is 1.73. The lowest BCUT2D eigenvalue weighted by Crippen LogP contribution is -2.04. The van der Waals surface area contributed by atoms with Crippen molar-refractivity contribution in [2.45, 2.75) is 13.3 Å². The number of aryl methyl sites for hydroxylation is 1. The monoisotopic (exact) mass is 220 g/mol. The summed E-state index contributed by atoms with van der Waals surface area (Å²) in [6.45, 7) is 2.73. The fourth-order valence-corrected chi connectivity index (χ4v) is 1.94. The van der Waals surface area contributed by atoms with Gasteiger partial charge in [-0.3, -0.25) is 4.98 Å².